The number of anilines is 3. The van der Waals surface area contributed by atoms with Crippen LogP contribution in [-0.2, 0) is 0 Å². The zero-order valence-electron chi connectivity index (χ0n) is 13.9. The number of amides is 1. The van der Waals surface area contributed by atoms with Gasteiger partial charge in [-0.25, -0.2) is 9.97 Å². The molecule has 2 aromatic carbocycles. The lowest BCUT2D eigenvalue weighted by molar-refractivity contribution is 0.102. The van der Waals surface area contributed by atoms with Crippen molar-refractivity contribution in [2.24, 2.45) is 0 Å². The minimum absolute atomic E-state index is 0.277. The van der Waals surface area contributed by atoms with Gasteiger partial charge in [-0.2, -0.15) is 0 Å². The number of rotatable bonds is 4. The average Bonchev–Trinajstić information content (AvgIpc) is 2.60. The van der Waals surface area contributed by atoms with Crippen LogP contribution in [0.25, 0.3) is 0 Å². The molecule has 25 heavy (non-hydrogen) atoms. The fraction of sp³-hybridized carbons (Fsp3) is 0.105. The molecule has 0 saturated carbocycles. The van der Waals surface area contributed by atoms with E-state index in [-0.39, 0.29) is 11.6 Å². The number of carbonyl (C=O) groups is 1. The van der Waals surface area contributed by atoms with Gasteiger partial charge in [0, 0.05) is 22.6 Å². The molecule has 126 valence electrons. The Balaban J connectivity index is 1.76. The predicted octanol–water partition coefficient (Wildman–Crippen LogP) is 4.74. The number of hydrogen-bond acceptors (Lipinski definition) is 4. The average molecular weight is 353 g/mol. The maximum Gasteiger partial charge on any atom is 0.274 e. The van der Waals surface area contributed by atoms with Gasteiger partial charge in [0.1, 0.15) is 5.69 Å². The highest BCUT2D eigenvalue weighted by Crippen LogP contribution is 2.20. The summed E-state index contributed by atoms with van der Waals surface area (Å²) in [7, 11) is 0. The fourth-order valence-electron chi connectivity index (χ4n) is 2.27. The summed E-state index contributed by atoms with van der Waals surface area (Å²) in [6.45, 7) is 3.90. The third kappa shape index (κ3) is 4.33. The van der Waals surface area contributed by atoms with Crippen LogP contribution in [0.15, 0.2) is 54.7 Å². The molecule has 0 aliphatic rings. The molecule has 0 atom stereocenters. The molecule has 0 aliphatic heterocycles. The van der Waals surface area contributed by atoms with Gasteiger partial charge >= 0.3 is 0 Å². The molecule has 0 radical (unpaired) electrons. The van der Waals surface area contributed by atoms with Crippen LogP contribution in [0.5, 0.6) is 0 Å². The summed E-state index contributed by atoms with van der Waals surface area (Å²) < 4.78 is 0. The number of carbonyl (C=O) groups excluding carboxylic acids is 1. The normalized spacial score (nSPS) is 10.4. The summed E-state index contributed by atoms with van der Waals surface area (Å²) in [5.74, 6) is 0.0594. The molecule has 0 saturated heterocycles. The van der Waals surface area contributed by atoms with Crippen molar-refractivity contribution in [2.45, 2.75) is 13.8 Å². The maximum absolute atomic E-state index is 12.4. The lowest BCUT2D eigenvalue weighted by atomic mass is 10.2. The van der Waals surface area contributed by atoms with Gasteiger partial charge < -0.3 is 10.6 Å². The zero-order chi connectivity index (χ0) is 17.8. The Kier molecular flexibility index (Phi) is 4.95. The number of aromatic nitrogens is 2. The van der Waals surface area contributed by atoms with Gasteiger partial charge in [-0.3, -0.25) is 4.79 Å². The van der Waals surface area contributed by atoms with Gasteiger partial charge in [0.15, 0.2) is 0 Å². The van der Waals surface area contributed by atoms with Crippen molar-refractivity contribution in [1.29, 1.82) is 0 Å². The molecule has 0 unspecified atom stereocenters. The van der Waals surface area contributed by atoms with Gasteiger partial charge in [-0.15, -0.1) is 0 Å². The Morgan fingerprint density at radius 3 is 2.52 bits per heavy atom. The Bertz CT molecular complexity index is 910. The third-order valence-electron chi connectivity index (χ3n) is 3.63. The van der Waals surface area contributed by atoms with Crippen LogP contribution >= 0.6 is 11.6 Å². The first kappa shape index (κ1) is 16.9. The Labute approximate surface area is 151 Å². The van der Waals surface area contributed by atoms with E-state index in [0.29, 0.717) is 16.7 Å². The van der Waals surface area contributed by atoms with E-state index in [1.807, 2.05) is 38.1 Å². The number of aryl methyl sites for hydroxylation is 2. The van der Waals surface area contributed by atoms with Crippen molar-refractivity contribution in [3.05, 3.63) is 76.6 Å². The Hall–Kier alpha value is -2.92. The molecule has 2 N–H and O–H groups in total. The minimum Gasteiger partial charge on any atom is -0.324 e. The number of hydrogen-bond donors (Lipinski definition) is 2. The van der Waals surface area contributed by atoms with Crippen LogP contribution < -0.4 is 10.6 Å². The lowest BCUT2D eigenvalue weighted by Crippen LogP contribution is -2.15. The number of benzene rings is 2. The second-order valence-corrected chi connectivity index (χ2v) is 6.11. The number of nitrogens with zero attached hydrogens (tertiary/aromatic N) is 2. The van der Waals surface area contributed by atoms with Crippen LogP contribution in [0.3, 0.4) is 0 Å². The summed E-state index contributed by atoms with van der Waals surface area (Å²) in [6.07, 6.45) is 1.55. The van der Waals surface area contributed by atoms with Crippen LogP contribution in [0.2, 0.25) is 5.02 Å². The predicted molar refractivity (Wildman–Crippen MR) is 101 cm³/mol. The summed E-state index contributed by atoms with van der Waals surface area (Å²) in [5, 5.41) is 6.55. The van der Waals surface area contributed by atoms with E-state index in [9.17, 15) is 4.79 Å². The van der Waals surface area contributed by atoms with Gasteiger partial charge in [0.25, 0.3) is 5.91 Å². The van der Waals surface area contributed by atoms with Gasteiger partial charge in [0.05, 0.1) is 0 Å². The quantitative estimate of drug-likeness (QED) is 0.711. The van der Waals surface area contributed by atoms with Crippen molar-refractivity contribution in [3.8, 4) is 0 Å². The van der Waals surface area contributed by atoms with Crippen molar-refractivity contribution < 1.29 is 4.79 Å². The van der Waals surface area contributed by atoms with Crippen LogP contribution in [0.1, 0.15) is 21.6 Å². The summed E-state index contributed by atoms with van der Waals surface area (Å²) >= 11 is 5.94. The van der Waals surface area contributed by atoms with E-state index in [2.05, 4.69) is 20.6 Å². The third-order valence-corrected chi connectivity index (χ3v) is 3.87. The molecule has 3 rings (SSSR count). The molecule has 0 fully saturated rings. The van der Waals surface area contributed by atoms with Crippen molar-refractivity contribution >= 4 is 34.8 Å². The Morgan fingerprint density at radius 1 is 1.04 bits per heavy atom. The largest absolute Gasteiger partial charge is 0.324 e. The minimum atomic E-state index is -0.306. The SMILES string of the molecule is Cc1ccc(Nc2nccc(C(=O)Nc3ccc(Cl)cc3C)n2)cc1. The molecule has 0 aliphatic carbocycles. The summed E-state index contributed by atoms with van der Waals surface area (Å²) in [6, 6.07) is 14.7. The molecule has 6 heteroatoms. The van der Waals surface area contributed by atoms with Crippen LogP contribution in [0.4, 0.5) is 17.3 Å². The molecule has 1 amide bonds. The fourth-order valence-corrected chi connectivity index (χ4v) is 2.49. The topological polar surface area (TPSA) is 66.9 Å². The second kappa shape index (κ2) is 7.32. The smallest absolute Gasteiger partial charge is 0.274 e. The molecule has 3 aromatic rings. The van der Waals surface area contributed by atoms with Crippen LogP contribution in [0, 0.1) is 13.8 Å². The maximum atomic E-state index is 12.4. The monoisotopic (exact) mass is 352 g/mol. The highest BCUT2D eigenvalue weighted by Gasteiger charge is 2.11. The first-order valence-electron chi connectivity index (χ1n) is 7.75. The number of halogens is 1. The van der Waals surface area contributed by atoms with E-state index < -0.39 is 0 Å². The summed E-state index contributed by atoms with van der Waals surface area (Å²) in [5.41, 5.74) is 3.88. The van der Waals surface area contributed by atoms with Gasteiger partial charge in [0.2, 0.25) is 5.95 Å². The standard InChI is InChI=1S/C19H17ClN4O/c1-12-3-6-15(7-4-12)22-19-21-10-9-17(24-19)18(25)23-16-8-5-14(20)11-13(16)2/h3-11H,1-2H3,(H,23,25)(H,21,22,24). The molecule has 0 spiro atoms. The molecule has 1 heterocycles. The molecule has 5 nitrogen and oxygen atoms in total. The van der Waals surface area contributed by atoms with Crippen molar-refractivity contribution in [2.75, 3.05) is 10.6 Å². The zero-order valence-corrected chi connectivity index (χ0v) is 14.6. The first-order chi connectivity index (χ1) is 12.0. The Morgan fingerprint density at radius 2 is 1.80 bits per heavy atom. The van der Waals surface area contributed by atoms with Crippen molar-refractivity contribution in [1.82, 2.24) is 9.97 Å². The van der Waals surface area contributed by atoms with E-state index in [4.69, 9.17) is 11.6 Å². The van der Waals surface area contributed by atoms with Gasteiger partial charge in [-0.05, 0) is 55.8 Å². The van der Waals surface area contributed by atoms with Gasteiger partial charge in [-0.1, -0.05) is 29.3 Å². The number of nitrogens with one attached hydrogen (secondary N) is 2. The van der Waals surface area contributed by atoms with E-state index in [0.717, 1.165) is 16.8 Å². The van der Waals surface area contributed by atoms with Crippen molar-refractivity contribution in [3.63, 3.8) is 0 Å². The lowest BCUT2D eigenvalue weighted by Gasteiger charge is -2.09. The molecular weight excluding hydrogens is 336 g/mol. The molecular formula is C19H17ClN4O. The van der Waals surface area contributed by atoms with Crippen LogP contribution in [-0.4, -0.2) is 15.9 Å². The molecule has 0 bridgehead atoms. The van der Waals surface area contributed by atoms with E-state index >= 15 is 0 Å². The second-order valence-electron chi connectivity index (χ2n) is 5.67. The highest BCUT2D eigenvalue weighted by atomic mass is 35.5. The van der Waals surface area contributed by atoms with E-state index in [1.54, 1.807) is 30.5 Å². The molecule has 1 aromatic heterocycles. The first-order valence-corrected chi connectivity index (χ1v) is 8.13. The summed E-state index contributed by atoms with van der Waals surface area (Å²) in [4.78, 5) is 20.9. The highest BCUT2D eigenvalue weighted by molar-refractivity contribution is 6.30. The van der Waals surface area contributed by atoms with E-state index in [1.165, 1.54) is 0 Å².